The fourth-order valence-electron chi connectivity index (χ4n) is 4.65. The zero-order valence-corrected chi connectivity index (χ0v) is 28.5. The molecule has 0 saturated carbocycles. The average Bonchev–Trinajstić information content (AvgIpc) is 2.97. The Hall–Kier alpha value is -4.61. The van der Waals surface area contributed by atoms with Gasteiger partial charge in [0.05, 0.1) is 10.6 Å². The van der Waals surface area contributed by atoms with Gasteiger partial charge in [-0.2, -0.15) is 48.9 Å². The number of fused-ring (bicyclic) bond motifs is 2. The minimum atomic E-state index is -5.38. The number of hydrogen-bond acceptors (Lipinski definition) is 15. The second kappa shape index (κ2) is 12.6. The molecule has 0 saturated heterocycles. The molecule has 0 fully saturated rings. The first-order chi connectivity index (χ1) is 23.0. The summed E-state index contributed by atoms with van der Waals surface area (Å²) in [5.41, 5.74) is -2.69. The van der Waals surface area contributed by atoms with Crippen molar-refractivity contribution in [1.82, 2.24) is 9.97 Å². The van der Waals surface area contributed by atoms with Crippen LogP contribution in [0.1, 0.15) is 5.56 Å². The zero-order chi connectivity index (χ0) is 37.1. The molecule has 0 aliphatic carbocycles. The number of azo groups is 1. The van der Waals surface area contributed by atoms with Gasteiger partial charge in [0.1, 0.15) is 37.7 Å². The van der Waals surface area contributed by atoms with Crippen LogP contribution in [0.15, 0.2) is 78.3 Å². The molecule has 19 nitrogen and oxygen atoms in total. The molecule has 0 aliphatic rings. The summed E-state index contributed by atoms with van der Waals surface area (Å²) in [7, 11) is -20.6. The summed E-state index contributed by atoms with van der Waals surface area (Å²) in [5.74, 6) is -1.68. The minimum Gasteiger partial charge on any atom is -0.505 e. The van der Waals surface area contributed by atoms with E-state index in [0.717, 1.165) is 36.4 Å². The van der Waals surface area contributed by atoms with Crippen LogP contribution in [-0.4, -0.2) is 67.0 Å². The lowest BCUT2D eigenvalue weighted by molar-refractivity contribution is 0.472. The third-order valence-corrected chi connectivity index (χ3v) is 10.7. The molecule has 1 aromatic heterocycles. The molecule has 4 aromatic carbocycles. The van der Waals surface area contributed by atoms with Crippen LogP contribution in [0, 0.1) is 11.3 Å². The quantitative estimate of drug-likeness (QED) is 0.0696. The summed E-state index contributed by atoms with van der Waals surface area (Å²) in [5, 5.41) is 27.4. The molecular formula is C25H14Cl2N6O13S4. The van der Waals surface area contributed by atoms with Gasteiger partial charge in [-0.25, -0.2) is 0 Å². The zero-order valence-electron chi connectivity index (χ0n) is 23.7. The summed E-state index contributed by atoms with van der Waals surface area (Å²) in [4.78, 5) is 3.66. The summed E-state index contributed by atoms with van der Waals surface area (Å²) >= 11 is 11.9. The molecule has 0 bridgehead atoms. The third-order valence-electron chi connectivity index (χ3n) is 6.62. The van der Waals surface area contributed by atoms with E-state index < -0.39 is 115 Å². The molecule has 0 unspecified atom stereocenters. The topological polar surface area (TPSA) is 324 Å². The summed E-state index contributed by atoms with van der Waals surface area (Å²) < 4.78 is 137. The van der Waals surface area contributed by atoms with Gasteiger partial charge in [-0.05, 0) is 35.7 Å². The number of halogens is 2. The van der Waals surface area contributed by atoms with Crippen molar-refractivity contribution in [2.75, 3.05) is 5.32 Å². The molecule has 6 N–H and O–H groups in total. The molecule has 25 heteroatoms. The number of aromatic hydroxyl groups is 1. The first kappa shape index (κ1) is 36.7. The maximum atomic E-state index is 12.5. The SMILES string of the molecule is N#Cc1c(Cl)nc(Nc2cc(S(=O)(=O)O)cc3cc(S(=O)(=O)O)c(N=Nc4ccc5c(S(=O)(=O)O)cccc5c4S(=O)(=O)O)c(O)c23)nc1Cl. The molecule has 260 valence electrons. The highest BCUT2D eigenvalue weighted by molar-refractivity contribution is 7.87. The number of phenolic OH excluding ortho intramolecular Hbond substituents is 1. The van der Waals surface area contributed by atoms with Crippen LogP contribution >= 0.6 is 23.2 Å². The van der Waals surface area contributed by atoms with Crippen LogP contribution in [0.4, 0.5) is 23.0 Å². The number of nitrogens with zero attached hydrogens (tertiary/aromatic N) is 5. The van der Waals surface area contributed by atoms with E-state index in [9.17, 15) is 62.3 Å². The first-order valence-electron chi connectivity index (χ1n) is 12.6. The summed E-state index contributed by atoms with van der Waals surface area (Å²) in [6.45, 7) is 0. The van der Waals surface area contributed by atoms with E-state index in [4.69, 9.17) is 23.2 Å². The van der Waals surface area contributed by atoms with Crippen molar-refractivity contribution in [2.24, 2.45) is 10.2 Å². The van der Waals surface area contributed by atoms with Gasteiger partial charge in [0.15, 0.2) is 16.1 Å². The van der Waals surface area contributed by atoms with E-state index in [1.54, 1.807) is 6.07 Å². The lowest BCUT2D eigenvalue weighted by atomic mass is 10.1. The van der Waals surface area contributed by atoms with Crippen LogP contribution in [0.25, 0.3) is 21.5 Å². The molecule has 0 amide bonds. The van der Waals surface area contributed by atoms with Gasteiger partial charge in [-0.1, -0.05) is 41.4 Å². The van der Waals surface area contributed by atoms with Crippen LogP contribution in [0.2, 0.25) is 10.3 Å². The molecule has 50 heavy (non-hydrogen) atoms. The molecule has 0 atom stereocenters. The van der Waals surface area contributed by atoms with Crippen LogP contribution in [0.3, 0.4) is 0 Å². The Labute approximate surface area is 290 Å². The third kappa shape index (κ3) is 7.02. The second-order valence-electron chi connectivity index (χ2n) is 9.75. The minimum absolute atomic E-state index is 0.342. The molecule has 0 aliphatic heterocycles. The average molecular weight is 806 g/mol. The van der Waals surface area contributed by atoms with Crippen LogP contribution < -0.4 is 5.32 Å². The monoisotopic (exact) mass is 804 g/mol. The number of benzene rings is 4. The molecule has 5 aromatic rings. The van der Waals surface area contributed by atoms with Crippen LogP contribution in [-0.2, 0) is 40.5 Å². The van der Waals surface area contributed by atoms with Gasteiger partial charge < -0.3 is 10.4 Å². The maximum Gasteiger partial charge on any atom is 0.297 e. The van der Waals surface area contributed by atoms with Gasteiger partial charge in [0, 0.05) is 16.2 Å². The number of anilines is 2. The highest BCUT2D eigenvalue weighted by atomic mass is 35.5. The Morgan fingerprint density at radius 1 is 0.740 bits per heavy atom. The number of nitriles is 1. The number of nitrogens with one attached hydrogen (secondary N) is 1. The largest absolute Gasteiger partial charge is 0.505 e. The van der Waals surface area contributed by atoms with Gasteiger partial charge >= 0.3 is 0 Å². The normalized spacial score (nSPS) is 12.8. The Kier molecular flexibility index (Phi) is 9.25. The van der Waals surface area contributed by atoms with Crippen molar-refractivity contribution < 1.29 is 57.0 Å². The Bertz CT molecular complexity index is 2820. The van der Waals surface area contributed by atoms with Crippen molar-refractivity contribution in [1.29, 1.82) is 5.26 Å². The highest BCUT2D eigenvalue weighted by Gasteiger charge is 2.28. The molecule has 1 heterocycles. The molecule has 5 rings (SSSR count). The predicted octanol–water partition coefficient (Wildman–Crippen LogP) is 4.81. The van der Waals surface area contributed by atoms with Crippen molar-refractivity contribution in [3.8, 4) is 11.8 Å². The lowest BCUT2D eigenvalue weighted by Gasteiger charge is -2.15. The van der Waals surface area contributed by atoms with Crippen molar-refractivity contribution in [3.05, 3.63) is 64.4 Å². The second-order valence-corrected chi connectivity index (χ2v) is 16.0. The van der Waals surface area contributed by atoms with E-state index in [2.05, 4.69) is 25.5 Å². The van der Waals surface area contributed by atoms with Crippen molar-refractivity contribution in [3.63, 3.8) is 0 Å². The fourth-order valence-corrected chi connectivity index (χ4v) is 7.85. The summed E-state index contributed by atoms with van der Waals surface area (Å²) in [6, 6.07) is 8.45. The predicted molar refractivity (Wildman–Crippen MR) is 173 cm³/mol. The Morgan fingerprint density at radius 3 is 1.90 bits per heavy atom. The van der Waals surface area contributed by atoms with Crippen molar-refractivity contribution >= 4 is 108 Å². The van der Waals surface area contributed by atoms with E-state index in [1.165, 1.54) is 0 Å². The lowest BCUT2D eigenvalue weighted by Crippen LogP contribution is -2.05. The Morgan fingerprint density at radius 2 is 1.36 bits per heavy atom. The standard InChI is InChI=1S/C25H14Cl2N6O13S4/c26-23-14(9-28)24(27)31-25(30-23)29-16-8-11(47(35,36)37)6-10-7-18(49(41,42)43)20(21(34)19(10)16)33-32-15-5-4-12-13(22(15)50(44,45)46)2-1-3-17(12)48(38,39)40/h1-8,34H,(H,29,30,31)(H,35,36,37)(H,38,39,40)(H,41,42,43)(H,44,45,46). The van der Waals surface area contributed by atoms with Gasteiger partial charge in [-0.3, -0.25) is 18.2 Å². The molecule has 0 spiro atoms. The number of rotatable bonds is 8. The smallest absolute Gasteiger partial charge is 0.297 e. The Balaban J connectivity index is 1.83. The molecule has 0 radical (unpaired) electrons. The number of hydrogen-bond donors (Lipinski definition) is 6. The number of phenols is 1. The van der Waals surface area contributed by atoms with Crippen molar-refractivity contribution in [2.45, 2.75) is 19.6 Å². The van der Waals surface area contributed by atoms with Crippen LogP contribution in [0.5, 0.6) is 5.75 Å². The van der Waals surface area contributed by atoms with E-state index in [1.807, 2.05) is 0 Å². The van der Waals surface area contributed by atoms with E-state index >= 15 is 0 Å². The number of aromatic nitrogens is 2. The van der Waals surface area contributed by atoms with E-state index in [0.29, 0.717) is 12.1 Å². The first-order valence-corrected chi connectivity index (χ1v) is 19.1. The van der Waals surface area contributed by atoms with E-state index in [-0.39, 0.29) is 10.9 Å². The fraction of sp³-hybridized carbons (Fsp3) is 0. The molecular weight excluding hydrogens is 791 g/mol. The summed E-state index contributed by atoms with van der Waals surface area (Å²) in [6.07, 6.45) is 0. The van der Waals surface area contributed by atoms with Gasteiger partial charge in [-0.15, -0.1) is 10.2 Å². The van der Waals surface area contributed by atoms with Gasteiger partial charge in [0.2, 0.25) is 5.95 Å². The maximum absolute atomic E-state index is 12.5. The van der Waals surface area contributed by atoms with Gasteiger partial charge in [0.25, 0.3) is 40.5 Å². The highest BCUT2D eigenvalue weighted by Crippen LogP contribution is 2.46.